The van der Waals surface area contributed by atoms with Gasteiger partial charge in [0.1, 0.15) is 5.82 Å². The van der Waals surface area contributed by atoms with E-state index in [1.807, 2.05) is 6.92 Å². The van der Waals surface area contributed by atoms with Crippen molar-refractivity contribution in [2.75, 3.05) is 11.9 Å². The number of aromatic nitrogens is 1. The third-order valence-corrected chi connectivity index (χ3v) is 2.76. The van der Waals surface area contributed by atoms with Gasteiger partial charge in [0.15, 0.2) is 0 Å². The summed E-state index contributed by atoms with van der Waals surface area (Å²) < 4.78 is 38.2. The van der Waals surface area contributed by atoms with Gasteiger partial charge in [-0.1, -0.05) is 6.92 Å². The van der Waals surface area contributed by atoms with E-state index >= 15 is 0 Å². The van der Waals surface area contributed by atoms with Crippen LogP contribution in [-0.4, -0.2) is 17.1 Å². The topological polar surface area (TPSA) is 50.9 Å². The maximum absolute atomic E-state index is 12.7. The first-order valence-electron chi connectivity index (χ1n) is 5.33. The summed E-state index contributed by atoms with van der Waals surface area (Å²) in [6, 6.07) is 2.27. The zero-order valence-corrected chi connectivity index (χ0v) is 9.80. The molecule has 0 spiro atoms. The SMILES string of the molecule is CCC(C)(CN)Nc1ncccc1C(F)(F)F. The second kappa shape index (κ2) is 4.91. The molecule has 3 nitrogen and oxygen atoms in total. The normalized spacial score (nSPS) is 15.4. The Morgan fingerprint density at radius 3 is 2.53 bits per heavy atom. The number of hydrogen-bond donors (Lipinski definition) is 2. The first kappa shape index (κ1) is 13.8. The van der Waals surface area contributed by atoms with Crippen LogP contribution in [0.1, 0.15) is 25.8 Å². The van der Waals surface area contributed by atoms with Gasteiger partial charge in [0.25, 0.3) is 0 Å². The molecular weight excluding hydrogens is 231 g/mol. The molecule has 1 heterocycles. The maximum atomic E-state index is 12.7. The van der Waals surface area contributed by atoms with E-state index in [4.69, 9.17) is 5.73 Å². The predicted octanol–water partition coefficient (Wildman–Crippen LogP) is 2.64. The van der Waals surface area contributed by atoms with Crippen LogP contribution in [0.2, 0.25) is 0 Å². The molecule has 3 N–H and O–H groups in total. The van der Waals surface area contributed by atoms with Gasteiger partial charge in [-0.05, 0) is 25.5 Å². The van der Waals surface area contributed by atoms with Crippen molar-refractivity contribution >= 4 is 5.82 Å². The number of nitrogens with zero attached hydrogens (tertiary/aromatic N) is 1. The summed E-state index contributed by atoms with van der Waals surface area (Å²) >= 11 is 0. The summed E-state index contributed by atoms with van der Waals surface area (Å²) in [7, 11) is 0. The third-order valence-electron chi connectivity index (χ3n) is 2.76. The van der Waals surface area contributed by atoms with E-state index in [1.54, 1.807) is 6.92 Å². The highest BCUT2D eigenvalue weighted by Crippen LogP contribution is 2.34. The van der Waals surface area contributed by atoms with Gasteiger partial charge < -0.3 is 11.1 Å². The molecule has 0 saturated carbocycles. The monoisotopic (exact) mass is 247 g/mol. The van der Waals surface area contributed by atoms with Crippen molar-refractivity contribution < 1.29 is 13.2 Å². The molecular formula is C11H16F3N3. The molecule has 6 heteroatoms. The van der Waals surface area contributed by atoms with Crippen molar-refractivity contribution in [3.8, 4) is 0 Å². The van der Waals surface area contributed by atoms with Gasteiger partial charge in [-0.15, -0.1) is 0 Å². The fraction of sp³-hybridized carbons (Fsp3) is 0.545. The van der Waals surface area contributed by atoms with Crippen LogP contribution < -0.4 is 11.1 Å². The summed E-state index contributed by atoms with van der Waals surface area (Å²) in [5.74, 6) is -0.171. The number of anilines is 1. The van der Waals surface area contributed by atoms with E-state index in [0.717, 1.165) is 6.07 Å². The number of nitrogens with one attached hydrogen (secondary N) is 1. The Bertz CT molecular complexity index is 372. The minimum Gasteiger partial charge on any atom is -0.363 e. The highest BCUT2D eigenvalue weighted by atomic mass is 19.4. The summed E-state index contributed by atoms with van der Waals surface area (Å²) in [5, 5.41) is 2.77. The van der Waals surface area contributed by atoms with Crippen LogP contribution in [0.15, 0.2) is 18.3 Å². The minimum atomic E-state index is -4.42. The average molecular weight is 247 g/mol. The smallest absolute Gasteiger partial charge is 0.363 e. The molecule has 0 aromatic carbocycles. The Morgan fingerprint density at radius 1 is 1.41 bits per heavy atom. The van der Waals surface area contributed by atoms with E-state index in [-0.39, 0.29) is 12.4 Å². The molecule has 0 saturated heterocycles. The lowest BCUT2D eigenvalue weighted by atomic mass is 9.99. The Labute approximate surface area is 98.2 Å². The lowest BCUT2D eigenvalue weighted by molar-refractivity contribution is -0.137. The average Bonchev–Trinajstić information content (AvgIpc) is 2.28. The van der Waals surface area contributed by atoms with E-state index in [2.05, 4.69) is 10.3 Å². The van der Waals surface area contributed by atoms with Gasteiger partial charge in [-0.25, -0.2) is 4.98 Å². The van der Waals surface area contributed by atoms with Gasteiger partial charge in [0.2, 0.25) is 0 Å². The highest BCUT2D eigenvalue weighted by Gasteiger charge is 2.35. The van der Waals surface area contributed by atoms with Crippen molar-refractivity contribution in [2.45, 2.75) is 32.0 Å². The first-order chi connectivity index (χ1) is 7.82. The van der Waals surface area contributed by atoms with Crippen LogP contribution in [-0.2, 0) is 6.18 Å². The van der Waals surface area contributed by atoms with Gasteiger partial charge in [-0.3, -0.25) is 0 Å². The van der Waals surface area contributed by atoms with Crippen molar-refractivity contribution in [1.29, 1.82) is 0 Å². The quantitative estimate of drug-likeness (QED) is 0.860. The molecule has 0 fully saturated rings. The lowest BCUT2D eigenvalue weighted by Crippen LogP contribution is -2.42. The van der Waals surface area contributed by atoms with Crippen LogP contribution in [0, 0.1) is 0 Å². The fourth-order valence-electron chi connectivity index (χ4n) is 1.30. The van der Waals surface area contributed by atoms with Crippen molar-refractivity contribution in [3.63, 3.8) is 0 Å². The van der Waals surface area contributed by atoms with E-state index in [9.17, 15) is 13.2 Å². The molecule has 96 valence electrons. The number of halogens is 3. The summed E-state index contributed by atoms with van der Waals surface area (Å²) in [6.07, 6.45) is -2.48. The molecule has 1 aromatic heterocycles. The van der Waals surface area contributed by atoms with Crippen LogP contribution in [0.5, 0.6) is 0 Å². The molecule has 1 rings (SSSR count). The van der Waals surface area contributed by atoms with Crippen molar-refractivity contribution in [1.82, 2.24) is 4.98 Å². The predicted molar refractivity (Wildman–Crippen MR) is 60.6 cm³/mol. The first-order valence-corrected chi connectivity index (χ1v) is 5.33. The van der Waals surface area contributed by atoms with Gasteiger partial charge in [-0.2, -0.15) is 13.2 Å². The Balaban J connectivity index is 3.07. The van der Waals surface area contributed by atoms with E-state index in [0.29, 0.717) is 6.42 Å². The maximum Gasteiger partial charge on any atom is 0.419 e. The molecule has 1 atom stereocenters. The minimum absolute atomic E-state index is 0.171. The summed E-state index contributed by atoms with van der Waals surface area (Å²) in [4.78, 5) is 3.74. The molecule has 0 aliphatic carbocycles. The Hall–Kier alpha value is -1.30. The van der Waals surface area contributed by atoms with E-state index < -0.39 is 17.3 Å². The molecule has 0 amide bonds. The third kappa shape index (κ3) is 3.33. The number of nitrogens with two attached hydrogens (primary N) is 1. The zero-order valence-electron chi connectivity index (χ0n) is 9.80. The standard InChI is InChI=1S/C11H16F3N3/c1-3-10(2,7-15)17-9-8(11(12,13)14)5-4-6-16-9/h4-6H,3,7,15H2,1-2H3,(H,16,17). The van der Waals surface area contributed by atoms with Crippen LogP contribution >= 0.6 is 0 Å². The number of alkyl halides is 3. The molecule has 1 aromatic rings. The lowest BCUT2D eigenvalue weighted by Gasteiger charge is -2.29. The molecule has 0 aliphatic heterocycles. The number of hydrogen-bond acceptors (Lipinski definition) is 3. The molecule has 0 aliphatic rings. The Morgan fingerprint density at radius 2 is 2.06 bits per heavy atom. The van der Waals surface area contributed by atoms with Crippen LogP contribution in [0.4, 0.5) is 19.0 Å². The van der Waals surface area contributed by atoms with Crippen molar-refractivity contribution in [3.05, 3.63) is 23.9 Å². The largest absolute Gasteiger partial charge is 0.419 e. The second-order valence-corrected chi connectivity index (χ2v) is 4.14. The highest BCUT2D eigenvalue weighted by molar-refractivity contribution is 5.47. The second-order valence-electron chi connectivity index (χ2n) is 4.14. The zero-order chi connectivity index (χ0) is 13.1. The van der Waals surface area contributed by atoms with Gasteiger partial charge >= 0.3 is 6.18 Å². The van der Waals surface area contributed by atoms with Crippen LogP contribution in [0.25, 0.3) is 0 Å². The fourth-order valence-corrected chi connectivity index (χ4v) is 1.30. The Kier molecular flexibility index (Phi) is 3.98. The molecule has 0 bridgehead atoms. The summed E-state index contributed by atoms with van der Waals surface area (Å²) in [5.41, 5.74) is 4.19. The van der Waals surface area contributed by atoms with Crippen LogP contribution in [0.3, 0.4) is 0 Å². The molecule has 0 radical (unpaired) electrons. The van der Waals surface area contributed by atoms with Crippen molar-refractivity contribution in [2.24, 2.45) is 5.73 Å². The van der Waals surface area contributed by atoms with Gasteiger partial charge in [0.05, 0.1) is 5.56 Å². The number of rotatable bonds is 4. The van der Waals surface area contributed by atoms with Gasteiger partial charge in [0, 0.05) is 18.3 Å². The molecule has 17 heavy (non-hydrogen) atoms. The summed E-state index contributed by atoms with van der Waals surface area (Å²) in [6.45, 7) is 3.86. The molecule has 1 unspecified atom stereocenters. The number of pyridine rings is 1. The van der Waals surface area contributed by atoms with E-state index in [1.165, 1.54) is 12.3 Å².